The van der Waals surface area contributed by atoms with Crippen molar-refractivity contribution >= 4 is 0 Å². The lowest BCUT2D eigenvalue weighted by atomic mass is 9.99. The summed E-state index contributed by atoms with van der Waals surface area (Å²) in [5.74, 6) is 0. The largest absolute Gasteiger partial charge is 0.390 e. The van der Waals surface area contributed by atoms with Gasteiger partial charge in [-0.3, -0.25) is 9.58 Å². The number of aromatic nitrogens is 3. The minimum absolute atomic E-state index is 0.183. The summed E-state index contributed by atoms with van der Waals surface area (Å²) >= 11 is 0. The van der Waals surface area contributed by atoms with Crippen molar-refractivity contribution in [1.29, 1.82) is 0 Å². The highest BCUT2D eigenvalue weighted by molar-refractivity contribution is 5.30. The van der Waals surface area contributed by atoms with Gasteiger partial charge in [0.25, 0.3) is 0 Å². The van der Waals surface area contributed by atoms with E-state index in [0.29, 0.717) is 13.1 Å². The molecule has 2 unspecified atom stereocenters. The molecule has 3 aromatic rings. The van der Waals surface area contributed by atoms with Gasteiger partial charge < -0.3 is 9.67 Å². The maximum atomic E-state index is 10.5. The topological polar surface area (TPSA) is 46.2 Å². The van der Waals surface area contributed by atoms with Crippen LogP contribution in [0.2, 0.25) is 0 Å². The molecule has 5 nitrogen and oxygen atoms in total. The van der Waals surface area contributed by atoms with Gasteiger partial charge in [-0.1, -0.05) is 30.3 Å². The van der Waals surface area contributed by atoms with E-state index in [1.165, 1.54) is 11.3 Å². The average molecular weight is 322 g/mol. The molecule has 4 rings (SSSR count). The van der Waals surface area contributed by atoms with E-state index in [-0.39, 0.29) is 6.04 Å². The van der Waals surface area contributed by atoms with Crippen molar-refractivity contribution in [3.63, 3.8) is 0 Å². The Bertz CT molecular complexity index is 766. The molecule has 0 saturated carbocycles. The standard InChI is InChI=1S/C19H22N4O/c24-17(15-23-11-5-9-20-23)14-22-13-12-21-10-4-8-18(21)19(22)16-6-2-1-3-7-16/h1-11,17,19,24H,12-15H2. The summed E-state index contributed by atoms with van der Waals surface area (Å²) < 4.78 is 4.10. The summed E-state index contributed by atoms with van der Waals surface area (Å²) in [6.07, 6.45) is 5.33. The maximum Gasteiger partial charge on any atom is 0.0863 e. The molecular formula is C19H22N4O. The number of rotatable bonds is 5. The maximum absolute atomic E-state index is 10.5. The molecule has 0 saturated heterocycles. The van der Waals surface area contributed by atoms with Crippen molar-refractivity contribution in [2.75, 3.05) is 13.1 Å². The van der Waals surface area contributed by atoms with Gasteiger partial charge in [0.1, 0.15) is 0 Å². The predicted octanol–water partition coefficient (Wildman–Crippen LogP) is 2.15. The Morgan fingerprint density at radius 3 is 2.67 bits per heavy atom. The Morgan fingerprint density at radius 2 is 1.88 bits per heavy atom. The van der Waals surface area contributed by atoms with Gasteiger partial charge in [0.05, 0.1) is 18.7 Å². The minimum Gasteiger partial charge on any atom is -0.390 e. The van der Waals surface area contributed by atoms with Gasteiger partial charge >= 0.3 is 0 Å². The normalized spacial score (nSPS) is 19.1. The van der Waals surface area contributed by atoms with Crippen LogP contribution < -0.4 is 0 Å². The fraction of sp³-hybridized carbons (Fsp3) is 0.316. The highest BCUT2D eigenvalue weighted by atomic mass is 16.3. The molecule has 0 fully saturated rings. The summed E-state index contributed by atoms with van der Waals surface area (Å²) in [5, 5.41) is 14.7. The fourth-order valence-electron chi connectivity index (χ4n) is 3.60. The van der Waals surface area contributed by atoms with Crippen molar-refractivity contribution < 1.29 is 5.11 Å². The van der Waals surface area contributed by atoms with Crippen LogP contribution in [0, 0.1) is 0 Å². The second-order valence-corrected chi connectivity index (χ2v) is 6.32. The quantitative estimate of drug-likeness (QED) is 0.783. The highest BCUT2D eigenvalue weighted by Crippen LogP contribution is 2.32. The number of hydrogen-bond acceptors (Lipinski definition) is 3. The van der Waals surface area contributed by atoms with E-state index in [9.17, 15) is 5.11 Å². The fourth-order valence-corrected chi connectivity index (χ4v) is 3.60. The lowest BCUT2D eigenvalue weighted by Crippen LogP contribution is -2.43. The van der Waals surface area contributed by atoms with Crippen LogP contribution >= 0.6 is 0 Å². The first-order chi connectivity index (χ1) is 11.8. The molecule has 1 aliphatic rings. The lowest BCUT2D eigenvalue weighted by molar-refractivity contribution is 0.0693. The van der Waals surface area contributed by atoms with Crippen LogP contribution in [0.4, 0.5) is 0 Å². The molecule has 1 N–H and O–H groups in total. The van der Waals surface area contributed by atoms with E-state index >= 15 is 0 Å². The third-order valence-electron chi connectivity index (χ3n) is 4.66. The zero-order valence-electron chi connectivity index (χ0n) is 13.6. The van der Waals surface area contributed by atoms with Gasteiger partial charge in [0.2, 0.25) is 0 Å². The van der Waals surface area contributed by atoms with Gasteiger partial charge in [-0.2, -0.15) is 5.10 Å². The van der Waals surface area contributed by atoms with Crippen molar-refractivity contribution in [2.24, 2.45) is 0 Å². The number of aliphatic hydroxyl groups excluding tert-OH is 1. The Labute approximate surface area is 141 Å². The molecule has 1 aliphatic heterocycles. The van der Waals surface area contributed by atoms with Gasteiger partial charge in [0, 0.05) is 43.9 Å². The predicted molar refractivity (Wildman–Crippen MR) is 92.5 cm³/mol. The van der Waals surface area contributed by atoms with Crippen LogP contribution in [0.15, 0.2) is 67.1 Å². The molecule has 3 heterocycles. The highest BCUT2D eigenvalue weighted by Gasteiger charge is 2.29. The summed E-state index contributed by atoms with van der Waals surface area (Å²) in [4.78, 5) is 2.37. The van der Waals surface area contributed by atoms with Gasteiger partial charge in [0.15, 0.2) is 0 Å². The van der Waals surface area contributed by atoms with Crippen molar-refractivity contribution in [3.05, 3.63) is 78.4 Å². The first kappa shape index (κ1) is 15.2. The van der Waals surface area contributed by atoms with Gasteiger partial charge in [-0.15, -0.1) is 0 Å². The molecule has 0 bridgehead atoms. The number of fused-ring (bicyclic) bond motifs is 1. The molecular weight excluding hydrogens is 300 g/mol. The van der Waals surface area contributed by atoms with Crippen molar-refractivity contribution in [2.45, 2.75) is 25.2 Å². The van der Waals surface area contributed by atoms with Crippen LogP contribution in [0.25, 0.3) is 0 Å². The molecule has 124 valence electrons. The van der Waals surface area contributed by atoms with Crippen LogP contribution in [-0.4, -0.2) is 43.5 Å². The number of β-amino-alcohol motifs (C(OH)–C–C–N with tert-alkyl or cyclic N) is 1. The van der Waals surface area contributed by atoms with Crippen molar-refractivity contribution in [1.82, 2.24) is 19.2 Å². The first-order valence-corrected chi connectivity index (χ1v) is 8.41. The molecule has 5 heteroatoms. The second-order valence-electron chi connectivity index (χ2n) is 6.32. The summed E-state index contributed by atoms with van der Waals surface area (Å²) in [5.41, 5.74) is 2.56. The minimum atomic E-state index is -0.447. The molecule has 2 aromatic heterocycles. The second kappa shape index (κ2) is 6.63. The Kier molecular flexibility index (Phi) is 4.19. The van der Waals surface area contributed by atoms with E-state index in [2.05, 4.69) is 57.2 Å². The molecule has 1 aromatic carbocycles. The van der Waals surface area contributed by atoms with Crippen LogP contribution in [0.5, 0.6) is 0 Å². The number of nitrogens with zero attached hydrogens (tertiary/aromatic N) is 4. The van der Waals surface area contributed by atoms with E-state index in [4.69, 9.17) is 0 Å². The summed E-state index contributed by atoms with van der Waals surface area (Å²) in [7, 11) is 0. The van der Waals surface area contributed by atoms with E-state index < -0.39 is 6.10 Å². The molecule has 0 amide bonds. The third-order valence-corrected chi connectivity index (χ3v) is 4.66. The average Bonchev–Trinajstić information content (AvgIpc) is 3.26. The van der Waals surface area contributed by atoms with Crippen LogP contribution in [0.1, 0.15) is 17.3 Å². The molecule has 2 atom stereocenters. The lowest BCUT2D eigenvalue weighted by Gasteiger charge is -2.38. The molecule has 24 heavy (non-hydrogen) atoms. The summed E-state index contributed by atoms with van der Waals surface area (Å²) in [6, 6.07) is 16.9. The van der Waals surface area contributed by atoms with Crippen LogP contribution in [-0.2, 0) is 13.1 Å². The molecule has 0 radical (unpaired) electrons. The number of hydrogen-bond donors (Lipinski definition) is 1. The Hall–Kier alpha value is -2.37. The van der Waals surface area contributed by atoms with E-state index in [0.717, 1.165) is 13.1 Å². The first-order valence-electron chi connectivity index (χ1n) is 8.41. The smallest absolute Gasteiger partial charge is 0.0863 e. The monoisotopic (exact) mass is 322 g/mol. The summed E-state index contributed by atoms with van der Waals surface area (Å²) in [6.45, 7) is 3.04. The van der Waals surface area contributed by atoms with Gasteiger partial charge in [-0.25, -0.2) is 0 Å². The SMILES string of the molecule is OC(CN1CCn2cccc2C1c1ccccc1)Cn1cccn1. The number of aliphatic hydroxyl groups is 1. The Balaban J connectivity index is 1.57. The third kappa shape index (κ3) is 3.00. The van der Waals surface area contributed by atoms with E-state index in [1.807, 2.05) is 18.3 Å². The van der Waals surface area contributed by atoms with Crippen LogP contribution in [0.3, 0.4) is 0 Å². The zero-order valence-corrected chi connectivity index (χ0v) is 13.6. The zero-order chi connectivity index (χ0) is 16.4. The number of benzene rings is 1. The Morgan fingerprint density at radius 1 is 1.00 bits per heavy atom. The van der Waals surface area contributed by atoms with Crippen molar-refractivity contribution in [3.8, 4) is 0 Å². The van der Waals surface area contributed by atoms with Gasteiger partial charge in [-0.05, 0) is 23.8 Å². The molecule has 0 aliphatic carbocycles. The molecule has 0 spiro atoms. The van der Waals surface area contributed by atoms with E-state index in [1.54, 1.807) is 10.9 Å².